The molecule has 0 atom stereocenters. The summed E-state index contributed by atoms with van der Waals surface area (Å²) in [6.07, 6.45) is 1.12. The molecule has 0 aliphatic rings. The molecular weight excluding hydrogens is 212 g/mol. The quantitative estimate of drug-likeness (QED) is 0.602. The van der Waals surface area contributed by atoms with Crippen molar-refractivity contribution in [3.8, 4) is 0 Å². The number of rotatable bonds is 4. The third kappa shape index (κ3) is 127. The summed E-state index contributed by atoms with van der Waals surface area (Å²) in [5, 5.41) is 0. The molecule has 0 saturated carbocycles. The van der Waals surface area contributed by atoms with Gasteiger partial charge in [-0.05, 0) is 12.3 Å². The van der Waals surface area contributed by atoms with Crippen molar-refractivity contribution in [2.75, 3.05) is 27.4 Å². The average Bonchev–Trinajstić information content (AvgIpc) is 1.90. The molecule has 0 unspecified atom stereocenters. The van der Waals surface area contributed by atoms with Gasteiger partial charge in [-0.2, -0.15) is 0 Å². The van der Waals surface area contributed by atoms with Gasteiger partial charge in [-0.15, -0.1) is 0 Å². The zero-order valence-corrected chi connectivity index (χ0v) is 8.52. The van der Waals surface area contributed by atoms with E-state index in [1.165, 1.54) is 0 Å². The SMILES string of the molecule is C.C.C.C.C.C.CCCOC.COCC(C)C. The minimum Gasteiger partial charge on any atom is -0.385 e. The monoisotopic (exact) mass is 258 g/mol. The molecule has 0 aromatic rings. The molecule has 0 saturated heterocycles. The van der Waals surface area contributed by atoms with E-state index in [4.69, 9.17) is 9.47 Å². The van der Waals surface area contributed by atoms with Crippen LogP contribution in [0, 0.1) is 5.92 Å². The lowest BCUT2D eigenvalue weighted by atomic mass is 10.2. The largest absolute Gasteiger partial charge is 0.385 e. The molecule has 0 aliphatic heterocycles. The number of methoxy groups -OCH3 is 2. The highest BCUT2D eigenvalue weighted by molar-refractivity contribution is 4.35. The second-order valence-corrected chi connectivity index (χ2v) is 2.84. The molecular formula is C15H46O2. The third-order valence-electron chi connectivity index (χ3n) is 0.908. The van der Waals surface area contributed by atoms with E-state index >= 15 is 0 Å². The van der Waals surface area contributed by atoms with Crippen molar-refractivity contribution in [3.05, 3.63) is 0 Å². The van der Waals surface area contributed by atoms with Crippen molar-refractivity contribution in [2.24, 2.45) is 5.92 Å². The molecule has 0 bridgehead atoms. The van der Waals surface area contributed by atoms with Crippen molar-refractivity contribution in [3.63, 3.8) is 0 Å². The summed E-state index contributed by atoms with van der Waals surface area (Å²) in [5.74, 6) is 0.676. The average molecular weight is 259 g/mol. The van der Waals surface area contributed by atoms with Crippen LogP contribution in [0.5, 0.6) is 0 Å². The maximum atomic E-state index is 4.80. The fourth-order valence-corrected chi connectivity index (χ4v) is 0.537. The van der Waals surface area contributed by atoms with E-state index in [1.54, 1.807) is 14.2 Å². The summed E-state index contributed by atoms with van der Waals surface area (Å²) < 4.78 is 9.49. The van der Waals surface area contributed by atoms with Crippen molar-refractivity contribution in [1.29, 1.82) is 0 Å². The molecule has 17 heavy (non-hydrogen) atoms. The maximum Gasteiger partial charge on any atom is 0.0485 e. The van der Waals surface area contributed by atoms with Gasteiger partial charge < -0.3 is 9.47 Å². The Hall–Kier alpha value is -0.0800. The molecule has 0 rings (SSSR count). The lowest BCUT2D eigenvalue weighted by molar-refractivity contribution is 0.167. The standard InChI is InChI=1S/C5H12O.C4H10O.6CH4/c1-5(2)4-6-3;1-3-4-5-2;;;;;;/h5H,4H2,1-3H3;3-4H2,1-2H3;6*1H4. The summed E-state index contributed by atoms with van der Waals surface area (Å²) in [7, 11) is 3.43. The van der Waals surface area contributed by atoms with Crippen LogP contribution in [-0.2, 0) is 9.47 Å². The summed E-state index contributed by atoms with van der Waals surface area (Å²) in [6.45, 7) is 8.11. The van der Waals surface area contributed by atoms with Crippen LogP contribution in [0.3, 0.4) is 0 Å². The van der Waals surface area contributed by atoms with E-state index in [-0.39, 0.29) is 44.6 Å². The van der Waals surface area contributed by atoms with E-state index in [2.05, 4.69) is 20.8 Å². The third-order valence-corrected chi connectivity index (χ3v) is 0.908. The van der Waals surface area contributed by atoms with Crippen molar-refractivity contribution < 1.29 is 9.47 Å². The van der Waals surface area contributed by atoms with Crippen LogP contribution in [0.1, 0.15) is 71.8 Å². The Morgan fingerprint density at radius 1 is 0.765 bits per heavy atom. The molecule has 0 heterocycles. The van der Waals surface area contributed by atoms with Gasteiger partial charge in [0.15, 0.2) is 0 Å². The first kappa shape index (κ1) is 53.9. The fourth-order valence-electron chi connectivity index (χ4n) is 0.537. The molecule has 0 N–H and O–H groups in total. The molecule has 0 aliphatic carbocycles. The lowest BCUT2D eigenvalue weighted by Crippen LogP contribution is -1.96. The summed E-state index contributed by atoms with van der Waals surface area (Å²) >= 11 is 0. The van der Waals surface area contributed by atoms with E-state index in [9.17, 15) is 0 Å². The Kier molecular flexibility index (Phi) is 179. The Bertz CT molecular complexity index is 52.9. The molecule has 0 radical (unpaired) electrons. The summed E-state index contributed by atoms with van der Waals surface area (Å²) in [4.78, 5) is 0. The maximum absolute atomic E-state index is 4.80. The van der Waals surface area contributed by atoms with Gasteiger partial charge in [-0.1, -0.05) is 65.3 Å². The Morgan fingerprint density at radius 2 is 1.12 bits per heavy atom. The number of hydrogen-bond acceptors (Lipinski definition) is 2. The lowest BCUT2D eigenvalue weighted by Gasteiger charge is -1.97. The molecule has 2 nitrogen and oxygen atoms in total. The van der Waals surface area contributed by atoms with Crippen LogP contribution >= 0.6 is 0 Å². The van der Waals surface area contributed by atoms with Crippen molar-refractivity contribution >= 4 is 0 Å². The molecule has 0 aromatic carbocycles. The van der Waals surface area contributed by atoms with Crippen LogP contribution in [-0.4, -0.2) is 27.4 Å². The first-order valence-corrected chi connectivity index (χ1v) is 4.16. The van der Waals surface area contributed by atoms with Gasteiger partial charge in [0, 0.05) is 27.4 Å². The normalized spacial score (nSPS) is 6.00. The molecule has 2 heteroatoms. The molecule has 0 fully saturated rings. The van der Waals surface area contributed by atoms with E-state index < -0.39 is 0 Å². The van der Waals surface area contributed by atoms with Crippen LogP contribution in [0.25, 0.3) is 0 Å². The smallest absolute Gasteiger partial charge is 0.0485 e. The van der Waals surface area contributed by atoms with Gasteiger partial charge in [-0.3, -0.25) is 0 Å². The van der Waals surface area contributed by atoms with Gasteiger partial charge in [0.25, 0.3) is 0 Å². The predicted molar refractivity (Wildman–Crippen MR) is 89.3 cm³/mol. The Balaban J connectivity index is -0.0000000118. The van der Waals surface area contributed by atoms with Crippen LogP contribution < -0.4 is 0 Å². The van der Waals surface area contributed by atoms with Gasteiger partial charge in [0.1, 0.15) is 0 Å². The molecule has 0 spiro atoms. The highest BCUT2D eigenvalue weighted by Crippen LogP contribution is 1.88. The summed E-state index contributed by atoms with van der Waals surface area (Å²) in [5.41, 5.74) is 0. The minimum atomic E-state index is 0. The zero-order chi connectivity index (χ0) is 9.11. The first-order valence-electron chi connectivity index (χ1n) is 4.16. The second-order valence-electron chi connectivity index (χ2n) is 2.84. The summed E-state index contributed by atoms with van der Waals surface area (Å²) in [6, 6.07) is 0. The van der Waals surface area contributed by atoms with Gasteiger partial charge >= 0.3 is 0 Å². The van der Waals surface area contributed by atoms with Gasteiger partial charge in [-0.25, -0.2) is 0 Å². The number of hydrogen-bond donors (Lipinski definition) is 0. The number of ether oxygens (including phenoxy) is 2. The molecule has 0 aromatic heterocycles. The van der Waals surface area contributed by atoms with E-state index in [1.807, 2.05) is 0 Å². The van der Waals surface area contributed by atoms with Crippen LogP contribution in [0.4, 0.5) is 0 Å². The minimum absolute atomic E-state index is 0. The van der Waals surface area contributed by atoms with Gasteiger partial charge in [0.05, 0.1) is 0 Å². The fraction of sp³-hybridized carbons (Fsp3) is 1.00. The zero-order valence-electron chi connectivity index (χ0n) is 8.52. The highest BCUT2D eigenvalue weighted by Gasteiger charge is 1.85. The topological polar surface area (TPSA) is 18.5 Å². The first-order chi connectivity index (χ1) is 5.18. The van der Waals surface area contributed by atoms with E-state index in [0.29, 0.717) is 5.92 Å². The van der Waals surface area contributed by atoms with Crippen molar-refractivity contribution in [2.45, 2.75) is 71.8 Å². The predicted octanol–water partition coefficient (Wildman–Crippen LogP) is 6.15. The highest BCUT2D eigenvalue weighted by atomic mass is 16.5. The Labute approximate surface area is 115 Å². The van der Waals surface area contributed by atoms with E-state index in [0.717, 1.165) is 19.6 Å². The molecule has 118 valence electrons. The van der Waals surface area contributed by atoms with Crippen LogP contribution in [0.2, 0.25) is 0 Å². The van der Waals surface area contributed by atoms with Crippen LogP contribution in [0.15, 0.2) is 0 Å². The van der Waals surface area contributed by atoms with Crippen molar-refractivity contribution in [1.82, 2.24) is 0 Å². The van der Waals surface area contributed by atoms with Gasteiger partial charge in [0.2, 0.25) is 0 Å². The second kappa shape index (κ2) is 56.5. The molecule has 0 amide bonds. The Morgan fingerprint density at radius 3 is 1.12 bits per heavy atom.